The van der Waals surface area contributed by atoms with Gasteiger partial charge in [0.05, 0.1) is 11.8 Å². The van der Waals surface area contributed by atoms with Gasteiger partial charge in [0.25, 0.3) is 5.56 Å². The molecule has 0 saturated carbocycles. The van der Waals surface area contributed by atoms with E-state index in [9.17, 15) is 4.79 Å². The SMILES string of the molecule is Cc1csc2c(=O)n(CCN3CCCC3)cnc12. The Morgan fingerprint density at radius 3 is 2.89 bits per heavy atom. The molecule has 0 spiro atoms. The van der Waals surface area contributed by atoms with Crippen molar-refractivity contribution in [2.45, 2.75) is 26.3 Å². The van der Waals surface area contributed by atoms with Gasteiger partial charge in [-0.1, -0.05) is 0 Å². The summed E-state index contributed by atoms with van der Waals surface area (Å²) in [6.45, 7) is 6.04. The first-order chi connectivity index (χ1) is 8.75. The van der Waals surface area contributed by atoms with E-state index in [1.807, 2.05) is 12.3 Å². The normalized spacial score (nSPS) is 16.7. The summed E-state index contributed by atoms with van der Waals surface area (Å²) in [5.41, 5.74) is 2.07. The predicted octanol–water partition coefficient (Wildman–Crippen LogP) is 1.86. The third-order valence-electron chi connectivity index (χ3n) is 3.58. The van der Waals surface area contributed by atoms with E-state index in [0.29, 0.717) is 0 Å². The van der Waals surface area contributed by atoms with Crippen molar-refractivity contribution >= 4 is 21.6 Å². The summed E-state index contributed by atoms with van der Waals surface area (Å²) >= 11 is 1.50. The number of nitrogens with zero attached hydrogens (tertiary/aromatic N) is 3. The summed E-state index contributed by atoms with van der Waals surface area (Å²) in [5.74, 6) is 0. The molecule has 1 aliphatic heterocycles. The molecule has 1 aliphatic rings. The number of rotatable bonds is 3. The van der Waals surface area contributed by atoms with Gasteiger partial charge in [-0.25, -0.2) is 4.98 Å². The minimum Gasteiger partial charge on any atom is -0.302 e. The molecule has 0 N–H and O–H groups in total. The second-order valence-electron chi connectivity index (χ2n) is 4.89. The molecule has 18 heavy (non-hydrogen) atoms. The molecule has 3 rings (SSSR count). The maximum Gasteiger partial charge on any atom is 0.271 e. The Morgan fingerprint density at radius 2 is 2.11 bits per heavy atom. The van der Waals surface area contributed by atoms with E-state index in [2.05, 4.69) is 9.88 Å². The van der Waals surface area contributed by atoms with Gasteiger partial charge in [0, 0.05) is 13.1 Å². The molecule has 2 aromatic rings. The Balaban J connectivity index is 1.83. The fourth-order valence-corrected chi connectivity index (χ4v) is 3.42. The van der Waals surface area contributed by atoms with E-state index in [1.54, 1.807) is 10.9 Å². The summed E-state index contributed by atoms with van der Waals surface area (Å²) in [7, 11) is 0. The predicted molar refractivity (Wildman–Crippen MR) is 74.3 cm³/mol. The van der Waals surface area contributed by atoms with Crippen LogP contribution < -0.4 is 5.56 Å². The first kappa shape index (κ1) is 11.9. The van der Waals surface area contributed by atoms with Gasteiger partial charge in [-0.15, -0.1) is 11.3 Å². The molecule has 0 unspecified atom stereocenters. The molecular weight excluding hydrogens is 246 g/mol. The zero-order valence-corrected chi connectivity index (χ0v) is 11.4. The maximum atomic E-state index is 12.3. The van der Waals surface area contributed by atoms with Gasteiger partial charge in [-0.3, -0.25) is 9.36 Å². The van der Waals surface area contributed by atoms with Crippen molar-refractivity contribution in [2.75, 3.05) is 19.6 Å². The molecule has 5 heteroatoms. The highest BCUT2D eigenvalue weighted by Crippen LogP contribution is 2.19. The quantitative estimate of drug-likeness (QED) is 0.848. The zero-order valence-electron chi connectivity index (χ0n) is 10.6. The van der Waals surface area contributed by atoms with Crippen LogP contribution in [0.1, 0.15) is 18.4 Å². The van der Waals surface area contributed by atoms with Gasteiger partial charge >= 0.3 is 0 Å². The van der Waals surface area contributed by atoms with E-state index in [-0.39, 0.29) is 5.56 Å². The first-order valence-electron chi connectivity index (χ1n) is 6.41. The van der Waals surface area contributed by atoms with Crippen LogP contribution in [0.3, 0.4) is 0 Å². The minimum atomic E-state index is 0.109. The van der Waals surface area contributed by atoms with Crippen LogP contribution in [0.4, 0.5) is 0 Å². The van der Waals surface area contributed by atoms with Crippen LogP contribution in [0.5, 0.6) is 0 Å². The van der Waals surface area contributed by atoms with Crippen molar-refractivity contribution in [3.05, 3.63) is 27.6 Å². The van der Waals surface area contributed by atoms with Gasteiger partial charge in [0.2, 0.25) is 0 Å². The molecule has 0 aliphatic carbocycles. The molecule has 0 aromatic carbocycles. The van der Waals surface area contributed by atoms with E-state index in [1.165, 1.54) is 37.3 Å². The van der Waals surface area contributed by atoms with Crippen molar-refractivity contribution < 1.29 is 0 Å². The molecule has 3 heterocycles. The highest BCUT2D eigenvalue weighted by molar-refractivity contribution is 7.17. The van der Waals surface area contributed by atoms with Crippen molar-refractivity contribution in [1.82, 2.24) is 14.5 Å². The van der Waals surface area contributed by atoms with Crippen LogP contribution in [0.2, 0.25) is 0 Å². The Hall–Kier alpha value is -1.20. The average Bonchev–Trinajstić information content (AvgIpc) is 2.99. The summed E-state index contributed by atoms with van der Waals surface area (Å²) < 4.78 is 2.53. The molecule has 0 bridgehead atoms. The van der Waals surface area contributed by atoms with Crippen molar-refractivity contribution in [3.8, 4) is 0 Å². The molecule has 0 amide bonds. The molecular formula is C13H17N3OS. The molecule has 1 fully saturated rings. The Morgan fingerprint density at radius 1 is 1.33 bits per heavy atom. The zero-order chi connectivity index (χ0) is 12.5. The fourth-order valence-electron chi connectivity index (χ4n) is 2.48. The standard InChI is InChI=1S/C13H17N3OS/c1-10-8-18-12-11(10)14-9-16(13(12)17)7-6-15-4-2-3-5-15/h8-9H,2-7H2,1H3. The number of fused-ring (bicyclic) bond motifs is 1. The summed E-state index contributed by atoms with van der Waals surface area (Å²) in [4.78, 5) is 19.1. The number of hydrogen-bond donors (Lipinski definition) is 0. The van der Waals surface area contributed by atoms with Crippen LogP contribution in [0.15, 0.2) is 16.5 Å². The van der Waals surface area contributed by atoms with Crippen LogP contribution >= 0.6 is 11.3 Å². The van der Waals surface area contributed by atoms with Gasteiger partial charge in [-0.05, 0) is 43.8 Å². The average molecular weight is 263 g/mol. The maximum absolute atomic E-state index is 12.3. The molecule has 96 valence electrons. The van der Waals surface area contributed by atoms with E-state index >= 15 is 0 Å². The molecule has 0 atom stereocenters. The number of hydrogen-bond acceptors (Lipinski definition) is 4. The molecule has 4 nitrogen and oxygen atoms in total. The van der Waals surface area contributed by atoms with E-state index < -0.39 is 0 Å². The molecule has 1 saturated heterocycles. The monoisotopic (exact) mass is 263 g/mol. The van der Waals surface area contributed by atoms with Crippen LogP contribution in [0.25, 0.3) is 10.2 Å². The number of thiophene rings is 1. The van der Waals surface area contributed by atoms with Crippen molar-refractivity contribution in [1.29, 1.82) is 0 Å². The number of likely N-dealkylation sites (tertiary alicyclic amines) is 1. The van der Waals surface area contributed by atoms with Crippen LogP contribution in [-0.2, 0) is 6.54 Å². The molecule has 0 radical (unpaired) electrons. The smallest absolute Gasteiger partial charge is 0.271 e. The van der Waals surface area contributed by atoms with Gasteiger partial charge in [0.1, 0.15) is 4.70 Å². The lowest BCUT2D eigenvalue weighted by Gasteiger charge is -2.14. The lowest BCUT2D eigenvalue weighted by atomic mass is 10.3. The lowest BCUT2D eigenvalue weighted by Crippen LogP contribution is -2.29. The highest BCUT2D eigenvalue weighted by Gasteiger charge is 2.12. The largest absolute Gasteiger partial charge is 0.302 e. The second kappa shape index (κ2) is 4.82. The van der Waals surface area contributed by atoms with Crippen LogP contribution in [-0.4, -0.2) is 34.1 Å². The van der Waals surface area contributed by atoms with E-state index in [0.717, 1.165) is 28.9 Å². The fraction of sp³-hybridized carbons (Fsp3) is 0.538. The Bertz CT molecular complexity index is 610. The van der Waals surface area contributed by atoms with Gasteiger partial charge in [0.15, 0.2) is 0 Å². The van der Waals surface area contributed by atoms with Gasteiger partial charge in [-0.2, -0.15) is 0 Å². The van der Waals surface area contributed by atoms with Gasteiger partial charge < -0.3 is 4.90 Å². The third kappa shape index (κ3) is 2.08. The number of aromatic nitrogens is 2. The Labute approximate surface area is 110 Å². The van der Waals surface area contributed by atoms with Crippen molar-refractivity contribution in [2.24, 2.45) is 0 Å². The molecule has 2 aromatic heterocycles. The summed E-state index contributed by atoms with van der Waals surface area (Å²) in [5, 5.41) is 2.00. The highest BCUT2D eigenvalue weighted by atomic mass is 32.1. The first-order valence-corrected chi connectivity index (χ1v) is 7.29. The summed E-state index contributed by atoms with van der Waals surface area (Å²) in [6.07, 6.45) is 4.27. The second-order valence-corrected chi connectivity index (χ2v) is 5.77. The summed E-state index contributed by atoms with van der Waals surface area (Å²) in [6, 6.07) is 0. The minimum absolute atomic E-state index is 0.109. The Kier molecular flexibility index (Phi) is 3.18. The lowest BCUT2D eigenvalue weighted by molar-refractivity contribution is 0.320. The van der Waals surface area contributed by atoms with E-state index in [4.69, 9.17) is 0 Å². The number of aryl methyl sites for hydroxylation is 1. The topological polar surface area (TPSA) is 38.1 Å². The van der Waals surface area contributed by atoms with Crippen LogP contribution in [0, 0.1) is 6.92 Å². The van der Waals surface area contributed by atoms with Crippen molar-refractivity contribution in [3.63, 3.8) is 0 Å². The third-order valence-corrected chi connectivity index (χ3v) is 4.65.